The van der Waals surface area contributed by atoms with Gasteiger partial charge in [-0.15, -0.1) is 0 Å². The molecule has 0 radical (unpaired) electrons. The smallest absolute Gasteiger partial charge is 0.252 e. The molecule has 0 bridgehead atoms. The molecule has 2 aliphatic rings. The predicted octanol–water partition coefficient (Wildman–Crippen LogP) is 3.33. The first-order valence-electron chi connectivity index (χ1n) is 9.11. The van der Waals surface area contributed by atoms with Crippen LogP contribution in [0.2, 0.25) is 5.02 Å². The highest BCUT2D eigenvalue weighted by Gasteiger charge is 2.49. The van der Waals surface area contributed by atoms with Gasteiger partial charge >= 0.3 is 0 Å². The zero-order valence-electron chi connectivity index (χ0n) is 15.9. The van der Waals surface area contributed by atoms with Crippen LogP contribution in [-0.2, 0) is 21.1 Å². The van der Waals surface area contributed by atoms with Gasteiger partial charge in [-0.25, -0.2) is 12.8 Å². The van der Waals surface area contributed by atoms with Crippen molar-refractivity contribution in [2.24, 2.45) is 4.99 Å². The van der Waals surface area contributed by atoms with Gasteiger partial charge in [0.05, 0.1) is 36.1 Å². The van der Waals surface area contributed by atoms with Gasteiger partial charge in [0.25, 0.3) is 5.91 Å². The lowest BCUT2D eigenvalue weighted by atomic mass is 10.1. The highest BCUT2D eigenvalue weighted by Crippen LogP contribution is 2.41. The summed E-state index contributed by atoms with van der Waals surface area (Å²) in [5.74, 6) is -0.275. The molecule has 2 unspecified atom stereocenters. The number of anilines is 1. The summed E-state index contributed by atoms with van der Waals surface area (Å²) >= 11 is 7.19. The fraction of sp³-hybridized carbons (Fsp3) is 0.300. The molecule has 2 saturated heterocycles. The minimum absolute atomic E-state index is 0.0133. The molecule has 2 aromatic rings. The number of thioether (sulfide) groups is 1. The van der Waals surface area contributed by atoms with E-state index in [1.54, 1.807) is 36.3 Å². The third kappa shape index (κ3) is 4.33. The summed E-state index contributed by atoms with van der Waals surface area (Å²) in [6.07, 6.45) is 0.0969. The molecule has 4 rings (SSSR count). The maximum absolute atomic E-state index is 13.6. The zero-order valence-corrected chi connectivity index (χ0v) is 18.3. The first-order chi connectivity index (χ1) is 14.3. The van der Waals surface area contributed by atoms with Gasteiger partial charge in [-0.2, -0.15) is 4.99 Å². The lowest BCUT2D eigenvalue weighted by molar-refractivity contribution is -0.117. The minimum atomic E-state index is -3.19. The Kier molecular flexibility index (Phi) is 5.78. The van der Waals surface area contributed by atoms with Crippen LogP contribution >= 0.6 is 23.4 Å². The number of hydrogen-bond donors (Lipinski definition) is 0. The molecule has 0 saturated carbocycles. The normalized spacial score (nSPS) is 23.6. The first kappa shape index (κ1) is 21.1. The lowest BCUT2D eigenvalue weighted by Crippen LogP contribution is -2.37. The maximum Gasteiger partial charge on any atom is 0.252 e. The molecule has 0 spiro atoms. The van der Waals surface area contributed by atoms with E-state index in [0.29, 0.717) is 16.6 Å². The Balaban J connectivity index is 1.62. The predicted molar refractivity (Wildman–Crippen MR) is 117 cm³/mol. The molecule has 0 aliphatic carbocycles. The molecule has 2 aliphatic heterocycles. The minimum Gasteiger partial charge on any atom is -0.497 e. The number of rotatable bonds is 4. The van der Waals surface area contributed by atoms with E-state index in [9.17, 15) is 17.6 Å². The fourth-order valence-corrected chi connectivity index (χ4v) is 7.67. The average Bonchev–Trinajstić information content (AvgIpc) is 3.15. The van der Waals surface area contributed by atoms with Crippen LogP contribution in [0.25, 0.3) is 0 Å². The van der Waals surface area contributed by atoms with E-state index in [4.69, 9.17) is 16.3 Å². The summed E-state index contributed by atoms with van der Waals surface area (Å²) in [5, 5.41) is 0.0816. The Morgan fingerprint density at radius 1 is 1.27 bits per heavy atom. The third-order valence-corrected chi connectivity index (χ3v) is 8.48. The summed E-state index contributed by atoms with van der Waals surface area (Å²) in [5.41, 5.74) is 1.29. The molecule has 0 aromatic heterocycles. The Bertz CT molecular complexity index is 1120. The molecular weight excluding hydrogens is 451 g/mol. The molecule has 2 fully saturated rings. The Morgan fingerprint density at radius 2 is 2.00 bits per heavy atom. The molecule has 2 heterocycles. The Labute approximate surface area is 183 Å². The van der Waals surface area contributed by atoms with Crippen LogP contribution in [-0.4, -0.2) is 49.4 Å². The monoisotopic (exact) mass is 468 g/mol. The molecule has 1 amide bonds. The van der Waals surface area contributed by atoms with Gasteiger partial charge in [0, 0.05) is 10.9 Å². The summed E-state index contributed by atoms with van der Waals surface area (Å²) < 4.78 is 43.0. The highest BCUT2D eigenvalue weighted by atomic mass is 35.5. The van der Waals surface area contributed by atoms with E-state index in [-0.39, 0.29) is 40.1 Å². The number of aliphatic imine (C=N–C) groups is 1. The van der Waals surface area contributed by atoms with Crippen molar-refractivity contribution in [3.63, 3.8) is 0 Å². The van der Waals surface area contributed by atoms with Crippen LogP contribution in [0.3, 0.4) is 0 Å². The van der Waals surface area contributed by atoms with E-state index >= 15 is 0 Å². The zero-order chi connectivity index (χ0) is 21.5. The largest absolute Gasteiger partial charge is 0.497 e. The van der Waals surface area contributed by atoms with E-state index < -0.39 is 15.7 Å². The summed E-state index contributed by atoms with van der Waals surface area (Å²) in [7, 11) is -1.63. The number of carbonyl (C=O) groups excluding carboxylic acids is 1. The number of hydrogen-bond acceptors (Lipinski definition) is 5. The van der Waals surface area contributed by atoms with Crippen LogP contribution in [0.15, 0.2) is 47.5 Å². The van der Waals surface area contributed by atoms with Gasteiger partial charge in [-0.3, -0.25) is 4.79 Å². The average molecular weight is 469 g/mol. The molecule has 158 valence electrons. The van der Waals surface area contributed by atoms with Gasteiger partial charge in [0.1, 0.15) is 11.6 Å². The van der Waals surface area contributed by atoms with Crippen molar-refractivity contribution in [3.05, 3.63) is 58.9 Å². The number of halogens is 2. The quantitative estimate of drug-likeness (QED) is 0.685. The number of carbonyl (C=O) groups is 1. The molecule has 10 heteroatoms. The number of amides is 1. The van der Waals surface area contributed by atoms with E-state index in [0.717, 1.165) is 5.56 Å². The van der Waals surface area contributed by atoms with Crippen LogP contribution in [0.4, 0.5) is 10.1 Å². The summed E-state index contributed by atoms with van der Waals surface area (Å²) in [6, 6.07) is 10.9. The van der Waals surface area contributed by atoms with Crippen molar-refractivity contribution in [3.8, 4) is 5.75 Å². The first-order valence-corrected chi connectivity index (χ1v) is 12.2. The fourth-order valence-electron chi connectivity index (χ4n) is 3.57. The van der Waals surface area contributed by atoms with Gasteiger partial charge in [0.2, 0.25) is 0 Å². The van der Waals surface area contributed by atoms with E-state index in [1.165, 1.54) is 30.0 Å². The lowest BCUT2D eigenvalue weighted by Gasteiger charge is -2.24. The molecule has 0 N–H and O–H groups in total. The van der Waals surface area contributed by atoms with Gasteiger partial charge in [0.15, 0.2) is 15.0 Å². The van der Waals surface area contributed by atoms with Crippen molar-refractivity contribution in [2.75, 3.05) is 23.5 Å². The van der Waals surface area contributed by atoms with Gasteiger partial charge in [-0.05, 0) is 35.9 Å². The van der Waals surface area contributed by atoms with Crippen molar-refractivity contribution in [1.82, 2.24) is 0 Å². The number of benzene rings is 2. The van der Waals surface area contributed by atoms with Crippen molar-refractivity contribution in [2.45, 2.75) is 17.7 Å². The second-order valence-corrected chi connectivity index (χ2v) is 10.8. The topological polar surface area (TPSA) is 76.0 Å². The van der Waals surface area contributed by atoms with Gasteiger partial charge in [-0.1, -0.05) is 35.5 Å². The van der Waals surface area contributed by atoms with Crippen molar-refractivity contribution >= 4 is 50.0 Å². The molecule has 30 heavy (non-hydrogen) atoms. The standard InChI is InChI=1S/C20H18ClFN2O4S2/c1-28-14-5-2-12(3-6-14)8-19(25)23-20-24(13-4-7-16(22)15(21)9-13)17-10-30(26,27)11-18(17)29-20/h2-7,9,17-18H,8,10-11H2,1H3. The van der Waals surface area contributed by atoms with Crippen LogP contribution in [0.1, 0.15) is 5.56 Å². The van der Waals surface area contributed by atoms with Crippen LogP contribution in [0, 0.1) is 5.82 Å². The number of methoxy groups -OCH3 is 1. The van der Waals surface area contributed by atoms with Gasteiger partial charge < -0.3 is 9.64 Å². The highest BCUT2D eigenvalue weighted by molar-refractivity contribution is 8.16. The van der Waals surface area contributed by atoms with E-state index in [1.807, 2.05) is 0 Å². The summed E-state index contributed by atoms with van der Waals surface area (Å²) in [6.45, 7) is 0. The second-order valence-electron chi connectivity index (χ2n) is 7.08. The SMILES string of the molecule is COc1ccc(CC(=O)N=C2SC3CS(=O)(=O)CC3N2c2ccc(F)c(Cl)c2)cc1. The number of fused-ring (bicyclic) bond motifs is 1. The number of nitrogens with zero attached hydrogens (tertiary/aromatic N) is 2. The van der Waals surface area contributed by atoms with Crippen LogP contribution < -0.4 is 9.64 Å². The molecule has 2 atom stereocenters. The number of ether oxygens (including phenoxy) is 1. The van der Waals surface area contributed by atoms with Crippen molar-refractivity contribution < 1.29 is 22.3 Å². The maximum atomic E-state index is 13.6. The second kappa shape index (κ2) is 8.20. The Hall–Kier alpha value is -2.10. The summed E-state index contributed by atoms with van der Waals surface area (Å²) in [4.78, 5) is 18.6. The Morgan fingerprint density at radius 3 is 2.67 bits per heavy atom. The number of sulfone groups is 1. The van der Waals surface area contributed by atoms with Crippen molar-refractivity contribution in [1.29, 1.82) is 0 Å². The van der Waals surface area contributed by atoms with E-state index in [2.05, 4.69) is 4.99 Å². The molecular formula is C20H18ClFN2O4S2. The third-order valence-electron chi connectivity index (χ3n) is 4.98. The molecule has 2 aromatic carbocycles. The van der Waals surface area contributed by atoms with Crippen LogP contribution in [0.5, 0.6) is 5.75 Å². The number of amidine groups is 1. The molecule has 6 nitrogen and oxygen atoms in total.